The average Bonchev–Trinajstić information content (AvgIpc) is 2.26. The Bertz CT molecular complexity index is 457. The molecule has 0 bridgehead atoms. The van der Waals surface area contributed by atoms with Crippen LogP contribution in [0.5, 0.6) is 5.75 Å². The Balaban J connectivity index is 2.52. The number of amides is 1. The quantitative estimate of drug-likeness (QED) is 0.860. The molecular formula is C12H14BrNO2. The molecule has 1 aromatic rings. The minimum Gasteiger partial charge on any atom is -0.478 e. The molecule has 16 heavy (non-hydrogen) atoms. The van der Waals surface area contributed by atoms with E-state index in [2.05, 4.69) is 21.2 Å². The van der Waals surface area contributed by atoms with E-state index in [1.54, 1.807) is 0 Å². The van der Waals surface area contributed by atoms with Crippen LogP contribution in [0.3, 0.4) is 0 Å². The van der Waals surface area contributed by atoms with Gasteiger partial charge in [-0.25, -0.2) is 0 Å². The normalized spacial score (nSPS) is 18.8. The largest absolute Gasteiger partial charge is 0.478 e. The number of hydrogen-bond acceptors (Lipinski definition) is 2. The fraction of sp³-hybridized carbons (Fsp3) is 0.417. The number of rotatable bonds is 1. The third kappa shape index (κ3) is 1.71. The summed E-state index contributed by atoms with van der Waals surface area (Å²) in [6.45, 7) is 5.97. The molecule has 1 N–H and O–H groups in total. The van der Waals surface area contributed by atoms with Gasteiger partial charge in [0.15, 0.2) is 6.10 Å². The molecule has 4 heteroatoms. The predicted octanol–water partition coefficient (Wildman–Crippen LogP) is 3.18. The van der Waals surface area contributed by atoms with E-state index in [0.717, 1.165) is 27.0 Å². The molecule has 0 aliphatic carbocycles. The first kappa shape index (κ1) is 11.5. The summed E-state index contributed by atoms with van der Waals surface area (Å²) < 4.78 is 6.72. The highest BCUT2D eigenvalue weighted by molar-refractivity contribution is 9.10. The Kier molecular flexibility index (Phi) is 2.93. The van der Waals surface area contributed by atoms with Crippen LogP contribution in [0.4, 0.5) is 5.69 Å². The summed E-state index contributed by atoms with van der Waals surface area (Å²) >= 11 is 3.47. The van der Waals surface area contributed by atoms with Gasteiger partial charge in [-0.3, -0.25) is 4.79 Å². The zero-order chi connectivity index (χ0) is 11.9. The zero-order valence-electron chi connectivity index (χ0n) is 9.56. The van der Waals surface area contributed by atoms with Crippen molar-refractivity contribution in [3.8, 4) is 5.75 Å². The van der Waals surface area contributed by atoms with Crippen LogP contribution in [0.15, 0.2) is 10.5 Å². The molecular weight excluding hydrogens is 270 g/mol. The maximum atomic E-state index is 11.6. The van der Waals surface area contributed by atoms with Gasteiger partial charge in [-0.1, -0.05) is 22.9 Å². The molecule has 1 atom stereocenters. The molecule has 1 aromatic carbocycles. The minimum absolute atomic E-state index is 0.0647. The summed E-state index contributed by atoms with van der Waals surface area (Å²) in [7, 11) is 0. The SMILES string of the molecule is CCC1Oc2c(cc(Br)c(C)c2C)NC1=O. The summed E-state index contributed by atoms with van der Waals surface area (Å²) in [4.78, 5) is 11.6. The molecule has 0 spiro atoms. The van der Waals surface area contributed by atoms with Crippen LogP contribution in [0, 0.1) is 13.8 Å². The van der Waals surface area contributed by atoms with Crippen LogP contribution >= 0.6 is 15.9 Å². The predicted molar refractivity (Wildman–Crippen MR) is 67.0 cm³/mol. The number of halogens is 1. The van der Waals surface area contributed by atoms with Crippen LogP contribution in [-0.4, -0.2) is 12.0 Å². The number of carbonyl (C=O) groups is 1. The van der Waals surface area contributed by atoms with E-state index < -0.39 is 0 Å². The minimum atomic E-state index is -0.369. The van der Waals surface area contributed by atoms with Crippen molar-refractivity contribution in [1.82, 2.24) is 0 Å². The molecule has 1 amide bonds. The molecule has 86 valence electrons. The fourth-order valence-electron chi connectivity index (χ4n) is 1.77. The first-order chi connectivity index (χ1) is 7.54. The Morgan fingerprint density at radius 2 is 2.12 bits per heavy atom. The number of anilines is 1. The Morgan fingerprint density at radius 3 is 2.75 bits per heavy atom. The molecule has 0 saturated carbocycles. The topological polar surface area (TPSA) is 38.3 Å². The maximum Gasteiger partial charge on any atom is 0.265 e. The van der Waals surface area contributed by atoms with Gasteiger partial charge in [-0.2, -0.15) is 0 Å². The van der Waals surface area contributed by atoms with Crippen LogP contribution in [0.2, 0.25) is 0 Å². The smallest absolute Gasteiger partial charge is 0.265 e. The lowest BCUT2D eigenvalue weighted by molar-refractivity contribution is -0.123. The third-order valence-corrected chi connectivity index (χ3v) is 3.78. The van der Waals surface area contributed by atoms with Gasteiger partial charge in [0.05, 0.1) is 5.69 Å². The number of nitrogens with one attached hydrogen (secondary N) is 1. The Hall–Kier alpha value is -1.03. The summed E-state index contributed by atoms with van der Waals surface area (Å²) in [6.07, 6.45) is 0.312. The van der Waals surface area contributed by atoms with Gasteiger partial charge in [-0.05, 0) is 37.5 Å². The van der Waals surface area contributed by atoms with Crippen molar-refractivity contribution in [2.45, 2.75) is 33.3 Å². The lowest BCUT2D eigenvalue weighted by Gasteiger charge is -2.27. The van der Waals surface area contributed by atoms with Gasteiger partial charge in [0.25, 0.3) is 5.91 Å². The van der Waals surface area contributed by atoms with E-state index in [9.17, 15) is 4.79 Å². The van der Waals surface area contributed by atoms with E-state index >= 15 is 0 Å². The number of ether oxygens (including phenoxy) is 1. The standard InChI is InChI=1S/C12H14BrNO2/c1-4-10-12(15)14-9-5-8(13)6(2)7(3)11(9)16-10/h5,10H,4H2,1-3H3,(H,14,15). The van der Waals surface area contributed by atoms with Crippen molar-refractivity contribution in [3.63, 3.8) is 0 Å². The van der Waals surface area contributed by atoms with Crippen LogP contribution < -0.4 is 10.1 Å². The summed E-state index contributed by atoms with van der Waals surface area (Å²) in [5.41, 5.74) is 2.97. The van der Waals surface area contributed by atoms with E-state index in [4.69, 9.17) is 4.74 Å². The fourth-order valence-corrected chi connectivity index (χ4v) is 2.30. The van der Waals surface area contributed by atoms with E-state index in [1.165, 1.54) is 0 Å². The highest BCUT2D eigenvalue weighted by Crippen LogP contribution is 2.38. The molecule has 0 saturated heterocycles. The van der Waals surface area contributed by atoms with Crippen molar-refractivity contribution in [3.05, 3.63) is 21.7 Å². The Labute approximate surface area is 103 Å². The monoisotopic (exact) mass is 283 g/mol. The van der Waals surface area contributed by atoms with Gasteiger partial charge in [0.2, 0.25) is 0 Å². The number of carbonyl (C=O) groups excluding carboxylic acids is 1. The molecule has 3 nitrogen and oxygen atoms in total. The van der Waals surface area contributed by atoms with Crippen molar-refractivity contribution in [1.29, 1.82) is 0 Å². The lowest BCUT2D eigenvalue weighted by atomic mass is 10.1. The van der Waals surface area contributed by atoms with Gasteiger partial charge < -0.3 is 10.1 Å². The molecule has 0 aromatic heterocycles. The second-order valence-electron chi connectivity index (χ2n) is 3.99. The summed E-state index contributed by atoms with van der Waals surface area (Å²) in [5.74, 6) is 0.734. The van der Waals surface area contributed by atoms with Crippen molar-refractivity contribution < 1.29 is 9.53 Å². The lowest BCUT2D eigenvalue weighted by Crippen LogP contribution is -2.36. The van der Waals surface area contributed by atoms with E-state index in [-0.39, 0.29) is 12.0 Å². The van der Waals surface area contributed by atoms with Gasteiger partial charge in [0.1, 0.15) is 5.75 Å². The highest BCUT2D eigenvalue weighted by atomic mass is 79.9. The number of hydrogen-bond donors (Lipinski definition) is 1. The summed E-state index contributed by atoms with van der Waals surface area (Å²) in [6, 6.07) is 1.89. The first-order valence-corrected chi connectivity index (χ1v) is 6.11. The molecule has 2 rings (SSSR count). The second-order valence-corrected chi connectivity index (χ2v) is 4.84. The Morgan fingerprint density at radius 1 is 1.44 bits per heavy atom. The highest BCUT2D eigenvalue weighted by Gasteiger charge is 2.28. The molecule has 0 radical (unpaired) electrons. The molecule has 1 unspecified atom stereocenters. The van der Waals surface area contributed by atoms with Crippen molar-refractivity contribution in [2.24, 2.45) is 0 Å². The number of fused-ring (bicyclic) bond motifs is 1. The van der Waals surface area contributed by atoms with Crippen LogP contribution in [0.25, 0.3) is 0 Å². The van der Waals surface area contributed by atoms with Gasteiger partial charge in [0, 0.05) is 4.47 Å². The molecule has 0 fully saturated rings. The second kappa shape index (κ2) is 4.09. The maximum absolute atomic E-state index is 11.6. The van der Waals surface area contributed by atoms with Crippen LogP contribution in [-0.2, 0) is 4.79 Å². The molecule has 1 aliphatic heterocycles. The van der Waals surface area contributed by atoms with Crippen molar-refractivity contribution >= 4 is 27.5 Å². The molecule has 1 aliphatic rings. The average molecular weight is 284 g/mol. The molecule has 1 heterocycles. The zero-order valence-corrected chi connectivity index (χ0v) is 11.1. The third-order valence-electron chi connectivity index (χ3n) is 2.96. The first-order valence-electron chi connectivity index (χ1n) is 5.31. The van der Waals surface area contributed by atoms with E-state index in [1.807, 2.05) is 26.8 Å². The van der Waals surface area contributed by atoms with Crippen LogP contribution in [0.1, 0.15) is 24.5 Å². The van der Waals surface area contributed by atoms with Gasteiger partial charge >= 0.3 is 0 Å². The van der Waals surface area contributed by atoms with Gasteiger partial charge in [-0.15, -0.1) is 0 Å². The van der Waals surface area contributed by atoms with E-state index in [0.29, 0.717) is 6.42 Å². The summed E-state index contributed by atoms with van der Waals surface area (Å²) in [5, 5.41) is 2.88. The van der Waals surface area contributed by atoms with Crippen molar-refractivity contribution in [2.75, 3.05) is 5.32 Å². The number of benzene rings is 1.